The van der Waals surface area contributed by atoms with Crippen LogP contribution < -0.4 is 5.32 Å². The molecule has 3 aromatic carbocycles. The standard InChI is InChI=1S/C19H11BrN4O4/c20-12-7-5-11(6-8-12)18-14-9-13(23(25)26)10-17(24(27)28)19(14)22-16-4-2-1-3-15(16)21-18/h1-10,22H. The van der Waals surface area contributed by atoms with Crippen molar-refractivity contribution in [2.45, 2.75) is 0 Å². The van der Waals surface area contributed by atoms with E-state index in [0.717, 1.165) is 10.5 Å². The van der Waals surface area contributed by atoms with Crippen LogP contribution >= 0.6 is 15.9 Å². The third-order valence-electron chi connectivity index (χ3n) is 4.28. The summed E-state index contributed by atoms with van der Waals surface area (Å²) in [5.74, 6) is 0. The van der Waals surface area contributed by atoms with E-state index in [1.807, 2.05) is 12.1 Å². The summed E-state index contributed by atoms with van der Waals surface area (Å²) in [6, 6.07) is 16.6. The van der Waals surface area contributed by atoms with Gasteiger partial charge in [0.1, 0.15) is 5.69 Å². The highest BCUT2D eigenvalue weighted by Crippen LogP contribution is 2.42. The van der Waals surface area contributed by atoms with Crippen LogP contribution in [0.25, 0.3) is 0 Å². The first-order valence-electron chi connectivity index (χ1n) is 8.12. The van der Waals surface area contributed by atoms with Gasteiger partial charge in [-0.1, -0.05) is 40.2 Å². The molecule has 0 saturated heterocycles. The lowest BCUT2D eigenvalue weighted by Gasteiger charge is -2.11. The number of aliphatic imine (C=N–C) groups is 1. The summed E-state index contributed by atoms with van der Waals surface area (Å²) < 4.78 is 0.856. The van der Waals surface area contributed by atoms with Crippen LogP contribution in [0.3, 0.4) is 0 Å². The molecule has 4 rings (SSSR count). The number of non-ortho nitro benzene ring substituents is 1. The molecule has 0 amide bonds. The molecule has 8 nitrogen and oxygen atoms in total. The summed E-state index contributed by atoms with van der Waals surface area (Å²) in [6.07, 6.45) is 0. The van der Waals surface area contributed by atoms with Gasteiger partial charge in [-0.05, 0) is 24.3 Å². The van der Waals surface area contributed by atoms with E-state index in [9.17, 15) is 20.2 Å². The quantitative estimate of drug-likeness (QED) is 0.335. The summed E-state index contributed by atoms with van der Waals surface area (Å²) in [7, 11) is 0. The van der Waals surface area contributed by atoms with E-state index in [4.69, 9.17) is 0 Å². The van der Waals surface area contributed by atoms with Crippen LogP contribution in [0.1, 0.15) is 11.1 Å². The molecule has 1 N–H and O–H groups in total. The monoisotopic (exact) mass is 438 g/mol. The van der Waals surface area contributed by atoms with E-state index in [-0.39, 0.29) is 17.1 Å². The maximum Gasteiger partial charge on any atom is 0.300 e. The zero-order valence-corrected chi connectivity index (χ0v) is 15.7. The Morgan fingerprint density at radius 3 is 2.32 bits per heavy atom. The average molecular weight is 439 g/mol. The lowest BCUT2D eigenvalue weighted by molar-refractivity contribution is -0.393. The summed E-state index contributed by atoms with van der Waals surface area (Å²) in [5, 5.41) is 26.1. The zero-order valence-electron chi connectivity index (χ0n) is 14.1. The number of nitrogens with zero attached hydrogens (tertiary/aromatic N) is 3. The van der Waals surface area contributed by atoms with Crippen LogP contribution in [-0.4, -0.2) is 15.6 Å². The lowest BCUT2D eigenvalue weighted by Crippen LogP contribution is -2.08. The fourth-order valence-corrected chi connectivity index (χ4v) is 3.26. The Bertz CT molecular complexity index is 1160. The summed E-state index contributed by atoms with van der Waals surface area (Å²) in [4.78, 5) is 26.4. The van der Waals surface area contributed by atoms with Gasteiger partial charge < -0.3 is 5.32 Å². The number of anilines is 2. The van der Waals surface area contributed by atoms with Crippen LogP contribution in [-0.2, 0) is 0 Å². The molecule has 1 heterocycles. The first-order chi connectivity index (χ1) is 13.4. The van der Waals surface area contributed by atoms with Gasteiger partial charge in [-0.3, -0.25) is 20.2 Å². The van der Waals surface area contributed by atoms with E-state index in [0.29, 0.717) is 28.2 Å². The number of nitrogens with one attached hydrogen (secondary N) is 1. The number of hydrogen-bond donors (Lipinski definition) is 1. The van der Waals surface area contributed by atoms with Crippen LogP contribution in [0.2, 0.25) is 0 Å². The highest BCUT2D eigenvalue weighted by atomic mass is 79.9. The third kappa shape index (κ3) is 3.12. The largest absolute Gasteiger partial charge is 0.348 e. The number of nitro benzene ring substituents is 2. The van der Waals surface area contributed by atoms with Crippen molar-refractivity contribution in [1.29, 1.82) is 0 Å². The molecule has 0 aromatic heterocycles. The molecule has 0 bridgehead atoms. The van der Waals surface area contributed by atoms with Gasteiger partial charge in [0.2, 0.25) is 0 Å². The van der Waals surface area contributed by atoms with Gasteiger partial charge in [-0.2, -0.15) is 0 Å². The second-order valence-electron chi connectivity index (χ2n) is 6.01. The van der Waals surface area contributed by atoms with Gasteiger partial charge in [-0.15, -0.1) is 0 Å². The fraction of sp³-hybridized carbons (Fsp3) is 0. The normalized spacial score (nSPS) is 12.1. The molecule has 0 atom stereocenters. The lowest BCUT2D eigenvalue weighted by atomic mass is 9.99. The number of hydrogen-bond acceptors (Lipinski definition) is 6. The Labute approximate surface area is 167 Å². The van der Waals surface area contributed by atoms with E-state index in [1.165, 1.54) is 6.07 Å². The molecule has 9 heteroatoms. The topological polar surface area (TPSA) is 111 Å². The molecule has 0 radical (unpaired) electrons. The molecular formula is C19H11BrN4O4. The van der Waals surface area contributed by atoms with Gasteiger partial charge >= 0.3 is 0 Å². The Morgan fingerprint density at radius 2 is 1.64 bits per heavy atom. The molecule has 0 fully saturated rings. The van der Waals surface area contributed by atoms with Crippen molar-refractivity contribution in [3.05, 3.63) is 96.5 Å². The highest BCUT2D eigenvalue weighted by molar-refractivity contribution is 9.10. The summed E-state index contributed by atoms with van der Waals surface area (Å²) in [6.45, 7) is 0. The third-order valence-corrected chi connectivity index (χ3v) is 4.81. The molecular weight excluding hydrogens is 428 g/mol. The molecule has 138 valence electrons. The van der Waals surface area contributed by atoms with Crippen molar-refractivity contribution in [2.24, 2.45) is 4.99 Å². The second-order valence-corrected chi connectivity index (χ2v) is 6.93. The minimum absolute atomic E-state index is 0.169. The minimum atomic E-state index is -0.648. The predicted octanol–water partition coefficient (Wildman–Crippen LogP) is 5.49. The Balaban J connectivity index is 2.08. The van der Waals surface area contributed by atoms with Crippen LogP contribution in [0.4, 0.5) is 28.4 Å². The van der Waals surface area contributed by atoms with Crippen molar-refractivity contribution in [1.82, 2.24) is 0 Å². The maximum absolute atomic E-state index is 11.7. The van der Waals surface area contributed by atoms with Crippen molar-refractivity contribution < 1.29 is 9.85 Å². The molecule has 1 aliphatic heterocycles. The van der Waals surface area contributed by atoms with Gasteiger partial charge in [0.05, 0.1) is 33.0 Å². The molecule has 0 unspecified atom stereocenters. The van der Waals surface area contributed by atoms with Crippen LogP contribution in [0.15, 0.2) is 70.1 Å². The Kier molecular flexibility index (Phi) is 4.36. The van der Waals surface area contributed by atoms with E-state index >= 15 is 0 Å². The molecule has 0 saturated carbocycles. The molecule has 0 spiro atoms. The fourth-order valence-electron chi connectivity index (χ4n) is 3.00. The SMILES string of the molecule is O=[N+]([O-])c1cc2c(c([N+](=O)[O-])c1)Nc1ccccc1N=C2c1ccc(Br)cc1. The average Bonchev–Trinajstić information content (AvgIpc) is 2.84. The van der Waals surface area contributed by atoms with E-state index in [2.05, 4.69) is 26.2 Å². The zero-order chi connectivity index (χ0) is 19.8. The van der Waals surface area contributed by atoms with E-state index in [1.54, 1.807) is 36.4 Å². The minimum Gasteiger partial charge on any atom is -0.348 e. The van der Waals surface area contributed by atoms with Gasteiger partial charge in [0.15, 0.2) is 0 Å². The van der Waals surface area contributed by atoms with Crippen molar-refractivity contribution in [3.63, 3.8) is 0 Å². The van der Waals surface area contributed by atoms with Crippen molar-refractivity contribution in [3.8, 4) is 0 Å². The van der Waals surface area contributed by atoms with Crippen LogP contribution in [0.5, 0.6) is 0 Å². The maximum atomic E-state index is 11.7. The molecule has 3 aromatic rings. The molecule has 0 aliphatic carbocycles. The number of benzene rings is 3. The second kappa shape index (κ2) is 6.86. The number of rotatable bonds is 3. The summed E-state index contributed by atoms with van der Waals surface area (Å²) in [5.41, 5.74) is 1.95. The first kappa shape index (κ1) is 17.8. The summed E-state index contributed by atoms with van der Waals surface area (Å²) >= 11 is 3.37. The number of para-hydroxylation sites is 2. The smallest absolute Gasteiger partial charge is 0.300 e. The highest BCUT2D eigenvalue weighted by Gasteiger charge is 2.29. The Hall–Kier alpha value is -3.59. The predicted molar refractivity (Wildman–Crippen MR) is 109 cm³/mol. The number of fused-ring (bicyclic) bond motifs is 2. The first-order valence-corrected chi connectivity index (χ1v) is 8.91. The molecule has 28 heavy (non-hydrogen) atoms. The number of halogens is 1. The molecule has 1 aliphatic rings. The van der Waals surface area contributed by atoms with Gasteiger partial charge in [-0.25, -0.2) is 4.99 Å². The van der Waals surface area contributed by atoms with Gasteiger partial charge in [0, 0.05) is 21.7 Å². The van der Waals surface area contributed by atoms with Crippen LogP contribution in [0, 0.1) is 20.2 Å². The van der Waals surface area contributed by atoms with E-state index < -0.39 is 9.85 Å². The number of nitro groups is 2. The van der Waals surface area contributed by atoms with Crippen molar-refractivity contribution >= 4 is 50.1 Å². The van der Waals surface area contributed by atoms with Gasteiger partial charge in [0.25, 0.3) is 11.4 Å². The Morgan fingerprint density at radius 1 is 0.929 bits per heavy atom. The van der Waals surface area contributed by atoms with Crippen molar-refractivity contribution in [2.75, 3.05) is 5.32 Å².